The van der Waals surface area contributed by atoms with E-state index in [1.165, 1.54) is 24.9 Å². The summed E-state index contributed by atoms with van der Waals surface area (Å²) in [5, 5.41) is 3.25. The van der Waals surface area contributed by atoms with Gasteiger partial charge in [-0.1, -0.05) is 30.3 Å². The summed E-state index contributed by atoms with van der Waals surface area (Å²) in [5.74, 6) is 0.609. The molecule has 0 spiro atoms. The smallest absolute Gasteiger partial charge is 0.317 e. The highest BCUT2D eigenvalue weighted by molar-refractivity contribution is 5.74. The van der Waals surface area contributed by atoms with E-state index in [1.54, 1.807) is 0 Å². The Morgan fingerprint density at radius 2 is 1.88 bits per heavy atom. The first kappa shape index (κ1) is 19.2. The molecule has 1 aromatic carbocycles. The van der Waals surface area contributed by atoms with Gasteiger partial charge < -0.3 is 15.1 Å². The molecule has 2 heterocycles. The number of hydrogen-bond acceptors (Lipinski definition) is 3. The quantitative estimate of drug-likeness (QED) is 0.879. The van der Waals surface area contributed by atoms with Gasteiger partial charge in [0, 0.05) is 45.8 Å². The zero-order valence-corrected chi connectivity index (χ0v) is 16.4. The lowest BCUT2D eigenvalue weighted by atomic mass is 9.98. The molecule has 1 N–H and O–H groups in total. The van der Waals surface area contributed by atoms with Crippen molar-refractivity contribution < 1.29 is 4.79 Å². The minimum absolute atomic E-state index is 0.0970. The summed E-state index contributed by atoms with van der Waals surface area (Å²) < 4.78 is 0. The maximum absolute atomic E-state index is 12.5. The Balaban J connectivity index is 1.37. The van der Waals surface area contributed by atoms with Crippen LogP contribution in [0.2, 0.25) is 0 Å². The van der Waals surface area contributed by atoms with Crippen LogP contribution in [0.15, 0.2) is 30.3 Å². The Morgan fingerprint density at radius 3 is 2.58 bits per heavy atom. The van der Waals surface area contributed by atoms with Crippen molar-refractivity contribution in [2.45, 2.75) is 38.3 Å². The molecule has 144 valence electrons. The van der Waals surface area contributed by atoms with Crippen molar-refractivity contribution in [2.75, 3.05) is 46.8 Å². The number of urea groups is 1. The van der Waals surface area contributed by atoms with Crippen LogP contribution in [0.4, 0.5) is 4.79 Å². The predicted octanol–water partition coefficient (Wildman–Crippen LogP) is 2.63. The molecule has 0 saturated carbocycles. The number of nitrogens with zero attached hydrogens (tertiary/aromatic N) is 3. The van der Waals surface area contributed by atoms with Gasteiger partial charge in [-0.2, -0.15) is 0 Å². The van der Waals surface area contributed by atoms with Gasteiger partial charge in [0.05, 0.1) is 0 Å². The molecule has 0 aliphatic carbocycles. The average molecular weight is 359 g/mol. The molecular formula is C21H34N4O. The van der Waals surface area contributed by atoms with Gasteiger partial charge in [0.2, 0.25) is 0 Å². The van der Waals surface area contributed by atoms with Gasteiger partial charge in [-0.15, -0.1) is 0 Å². The molecular weight excluding hydrogens is 324 g/mol. The minimum Gasteiger partial charge on any atom is -0.335 e. The van der Waals surface area contributed by atoms with Crippen LogP contribution in [-0.2, 0) is 6.54 Å². The monoisotopic (exact) mass is 358 g/mol. The van der Waals surface area contributed by atoms with E-state index >= 15 is 0 Å². The second-order valence-electron chi connectivity index (χ2n) is 8.14. The third-order valence-electron chi connectivity index (χ3n) is 5.77. The number of piperidine rings is 2. The van der Waals surface area contributed by atoms with E-state index in [4.69, 9.17) is 0 Å². The molecule has 2 aliphatic heterocycles. The van der Waals surface area contributed by atoms with Crippen molar-refractivity contribution in [3.05, 3.63) is 35.9 Å². The van der Waals surface area contributed by atoms with E-state index in [0.29, 0.717) is 12.0 Å². The van der Waals surface area contributed by atoms with E-state index in [1.807, 2.05) is 11.9 Å². The second kappa shape index (κ2) is 9.38. The normalized spacial score (nSPS) is 22.9. The highest BCUT2D eigenvalue weighted by Gasteiger charge is 2.24. The lowest BCUT2D eigenvalue weighted by molar-refractivity contribution is 0.153. The number of likely N-dealkylation sites (tertiary alicyclic amines) is 2. The standard InChI is InChI=1S/C21H34N4O/c1-23-12-6-9-19(15-23)16-24(2)21(26)22-20-10-13-25(14-11-20)17-18-7-4-3-5-8-18/h3-5,7-8,19-20H,6,9-17H2,1-2H3,(H,22,26). The average Bonchev–Trinajstić information content (AvgIpc) is 2.64. The Kier molecular flexibility index (Phi) is 6.92. The molecule has 5 nitrogen and oxygen atoms in total. The number of amides is 2. The number of nitrogens with one attached hydrogen (secondary N) is 1. The van der Waals surface area contributed by atoms with E-state index < -0.39 is 0 Å². The summed E-state index contributed by atoms with van der Waals surface area (Å²) in [4.78, 5) is 19.3. The van der Waals surface area contributed by atoms with Crippen LogP contribution in [0.1, 0.15) is 31.2 Å². The molecule has 0 aromatic heterocycles. The Bertz CT molecular complexity index is 556. The van der Waals surface area contributed by atoms with Crippen LogP contribution in [0.5, 0.6) is 0 Å². The highest BCUT2D eigenvalue weighted by Crippen LogP contribution is 2.17. The molecule has 0 radical (unpaired) electrons. The molecule has 5 heteroatoms. The molecule has 2 saturated heterocycles. The van der Waals surface area contributed by atoms with Gasteiger partial charge in [0.25, 0.3) is 0 Å². The summed E-state index contributed by atoms with van der Waals surface area (Å²) in [5.41, 5.74) is 1.37. The fourth-order valence-electron chi connectivity index (χ4n) is 4.25. The minimum atomic E-state index is 0.0970. The summed E-state index contributed by atoms with van der Waals surface area (Å²) in [6, 6.07) is 11.0. The Morgan fingerprint density at radius 1 is 1.15 bits per heavy atom. The Hall–Kier alpha value is -1.59. The largest absolute Gasteiger partial charge is 0.335 e. The van der Waals surface area contributed by atoms with Gasteiger partial charge in [0.1, 0.15) is 0 Å². The summed E-state index contributed by atoms with van der Waals surface area (Å²) in [6.07, 6.45) is 4.56. The van der Waals surface area contributed by atoms with Crippen molar-refractivity contribution in [1.29, 1.82) is 0 Å². The maximum atomic E-state index is 12.5. The van der Waals surface area contributed by atoms with E-state index in [9.17, 15) is 4.79 Å². The fraction of sp³-hybridized carbons (Fsp3) is 0.667. The predicted molar refractivity (Wildman–Crippen MR) is 106 cm³/mol. The van der Waals surface area contributed by atoms with Crippen molar-refractivity contribution >= 4 is 6.03 Å². The van der Waals surface area contributed by atoms with Crippen molar-refractivity contribution in [2.24, 2.45) is 5.92 Å². The second-order valence-corrected chi connectivity index (χ2v) is 8.14. The van der Waals surface area contributed by atoms with E-state index in [2.05, 4.69) is 52.5 Å². The third kappa shape index (κ3) is 5.71. The number of rotatable bonds is 5. The zero-order chi connectivity index (χ0) is 18.4. The first-order valence-corrected chi connectivity index (χ1v) is 10.1. The SMILES string of the molecule is CN1CCCC(CN(C)C(=O)NC2CCN(Cc3ccccc3)CC2)C1. The first-order chi connectivity index (χ1) is 12.6. The Labute approximate surface area is 158 Å². The first-order valence-electron chi connectivity index (χ1n) is 10.1. The highest BCUT2D eigenvalue weighted by atomic mass is 16.2. The van der Waals surface area contributed by atoms with Crippen LogP contribution in [0.25, 0.3) is 0 Å². The summed E-state index contributed by atoms with van der Waals surface area (Å²) in [6.45, 7) is 6.27. The van der Waals surface area contributed by atoms with Crippen LogP contribution in [0, 0.1) is 5.92 Å². The van der Waals surface area contributed by atoms with Crippen LogP contribution < -0.4 is 5.32 Å². The molecule has 1 atom stereocenters. The molecule has 2 fully saturated rings. The number of hydrogen-bond donors (Lipinski definition) is 1. The number of carbonyl (C=O) groups excluding carboxylic acids is 1. The number of carbonyl (C=O) groups is 1. The molecule has 2 aliphatic rings. The van der Waals surface area contributed by atoms with Gasteiger partial charge in [-0.25, -0.2) is 4.79 Å². The van der Waals surface area contributed by atoms with Crippen LogP contribution >= 0.6 is 0 Å². The van der Waals surface area contributed by atoms with Crippen molar-refractivity contribution in [1.82, 2.24) is 20.0 Å². The zero-order valence-electron chi connectivity index (χ0n) is 16.4. The van der Waals surface area contributed by atoms with E-state index in [0.717, 1.165) is 45.6 Å². The molecule has 1 unspecified atom stereocenters. The van der Waals surface area contributed by atoms with Crippen molar-refractivity contribution in [3.63, 3.8) is 0 Å². The van der Waals surface area contributed by atoms with Crippen molar-refractivity contribution in [3.8, 4) is 0 Å². The molecule has 3 rings (SSSR count). The molecule has 0 bridgehead atoms. The summed E-state index contributed by atoms with van der Waals surface area (Å²) >= 11 is 0. The lowest BCUT2D eigenvalue weighted by Crippen LogP contribution is -2.49. The van der Waals surface area contributed by atoms with Crippen LogP contribution in [-0.4, -0.2) is 73.6 Å². The van der Waals surface area contributed by atoms with Gasteiger partial charge in [0.15, 0.2) is 0 Å². The topological polar surface area (TPSA) is 38.8 Å². The van der Waals surface area contributed by atoms with Crippen LogP contribution in [0.3, 0.4) is 0 Å². The fourth-order valence-corrected chi connectivity index (χ4v) is 4.25. The van der Waals surface area contributed by atoms with Gasteiger partial charge in [-0.05, 0) is 50.8 Å². The molecule has 26 heavy (non-hydrogen) atoms. The van der Waals surface area contributed by atoms with Gasteiger partial charge >= 0.3 is 6.03 Å². The van der Waals surface area contributed by atoms with Gasteiger partial charge in [-0.3, -0.25) is 4.90 Å². The third-order valence-corrected chi connectivity index (χ3v) is 5.77. The summed E-state index contributed by atoms with van der Waals surface area (Å²) in [7, 11) is 4.12. The number of benzene rings is 1. The maximum Gasteiger partial charge on any atom is 0.317 e. The van der Waals surface area contributed by atoms with E-state index in [-0.39, 0.29) is 6.03 Å². The molecule has 1 aromatic rings. The lowest BCUT2D eigenvalue weighted by Gasteiger charge is -2.35. The molecule has 2 amide bonds.